The molecule has 0 bridgehead atoms. The predicted molar refractivity (Wildman–Crippen MR) is 79.8 cm³/mol. The molecule has 1 nitrogen and oxygen atoms in total. The molecule has 0 heterocycles. The van der Waals surface area contributed by atoms with E-state index < -0.39 is 16.5 Å². The van der Waals surface area contributed by atoms with Gasteiger partial charge in [0, 0.05) is 10.6 Å². The first kappa shape index (κ1) is 15.0. The lowest BCUT2D eigenvalue weighted by atomic mass is 9.78. The van der Waals surface area contributed by atoms with Crippen molar-refractivity contribution < 1.29 is 9.18 Å². The molecule has 0 N–H and O–H groups in total. The van der Waals surface area contributed by atoms with Gasteiger partial charge in [0.15, 0.2) is 0 Å². The number of benzene rings is 2. The van der Waals surface area contributed by atoms with Crippen LogP contribution in [0, 0.1) is 5.82 Å². The molecular formula is C16H13Cl2FO. The minimum atomic E-state index is -1.13. The summed E-state index contributed by atoms with van der Waals surface area (Å²) in [6.07, 6.45) is 0.328. The summed E-state index contributed by atoms with van der Waals surface area (Å²) in [4.78, 5) is 11.9. The van der Waals surface area contributed by atoms with Crippen LogP contribution in [0.25, 0.3) is 0 Å². The summed E-state index contributed by atoms with van der Waals surface area (Å²) in [7, 11) is 0. The van der Waals surface area contributed by atoms with Gasteiger partial charge in [-0.25, -0.2) is 4.39 Å². The van der Waals surface area contributed by atoms with E-state index in [9.17, 15) is 9.18 Å². The fourth-order valence-electron chi connectivity index (χ4n) is 2.21. The lowest BCUT2D eigenvalue weighted by Crippen LogP contribution is -2.33. The van der Waals surface area contributed by atoms with Crippen molar-refractivity contribution in [3.8, 4) is 0 Å². The van der Waals surface area contributed by atoms with E-state index in [1.807, 2.05) is 30.3 Å². The van der Waals surface area contributed by atoms with Crippen LogP contribution in [-0.4, -0.2) is 5.24 Å². The third kappa shape index (κ3) is 3.02. The van der Waals surface area contributed by atoms with E-state index in [-0.39, 0.29) is 10.6 Å². The Labute approximate surface area is 127 Å². The molecule has 20 heavy (non-hydrogen) atoms. The van der Waals surface area contributed by atoms with Gasteiger partial charge in [-0.1, -0.05) is 48.0 Å². The lowest BCUT2D eigenvalue weighted by Gasteiger charge is -2.26. The molecule has 0 aliphatic rings. The first-order valence-corrected chi connectivity index (χ1v) is 6.88. The Bertz CT molecular complexity index is 628. The molecule has 0 fully saturated rings. The Balaban J connectivity index is 2.47. The molecule has 104 valence electrons. The highest BCUT2D eigenvalue weighted by Gasteiger charge is 2.36. The third-order valence-electron chi connectivity index (χ3n) is 3.36. The molecule has 2 aromatic rings. The molecule has 0 radical (unpaired) electrons. The second kappa shape index (κ2) is 5.94. The summed E-state index contributed by atoms with van der Waals surface area (Å²) < 4.78 is 14.1. The summed E-state index contributed by atoms with van der Waals surface area (Å²) in [5.41, 5.74) is 0.0431. The highest BCUT2D eigenvalue weighted by Crippen LogP contribution is 2.33. The molecule has 0 aliphatic carbocycles. The fraction of sp³-hybridized carbons (Fsp3) is 0.188. The van der Waals surface area contributed by atoms with E-state index in [0.717, 1.165) is 5.56 Å². The van der Waals surface area contributed by atoms with E-state index in [0.29, 0.717) is 6.42 Å². The Kier molecular flexibility index (Phi) is 4.46. The van der Waals surface area contributed by atoms with Crippen LogP contribution in [0.4, 0.5) is 4.39 Å². The van der Waals surface area contributed by atoms with Crippen molar-refractivity contribution in [2.75, 3.05) is 0 Å². The number of rotatable bonds is 4. The van der Waals surface area contributed by atoms with Crippen LogP contribution in [0.5, 0.6) is 0 Å². The van der Waals surface area contributed by atoms with Crippen LogP contribution in [-0.2, 0) is 16.6 Å². The van der Waals surface area contributed by atoms with E-state index in [1.54, 1.807) is 13.0 Å². The molecule has 0 spiro atoms. The zero-order valence-electron chi connectivity index (χ0n) is 10.9. The highest BCUT2D eigenvalue weighted by atomic mass is 35.5. The van der Waals surface area contributed by atoms with Crippen LogP contribution in [0.3, 0.4) is 0 Å². The fourth-order valence-corrected chi connectivity index (χ4v) is 2.54. The molecule has 1 unspecified atom stereocenters. The number of carbonyl (C=O) groups excluding carboxylic acids is 1. The average molecular weight is 311 g/mol. The third-order valence-corrected chi connectivity index (χ3v) is 4.01. The van der Waals surface area contributed by atoms with E-state index in [2.05, 4.69) is 0 Å². The Morgan fingerprint density at radius 3 is 2.40 bits per heavy atom. The van der Waals surface area contributed by atoms with Gasteiger partial charge in [0.25, 0.3) is 0 Å². The summed E-state index contributed by atoms with van der Waals surface area (Å²) in [6, 6.07) is 13.6. The molecule has 0 aliphatic heterocycles. The van der Waals surface area contributed by atoms with Crippen LogP contribution in [0.2, 0.25) is 5.02 Å². The molecule has 2 aromatic carbocycles. The van der Waals surface area contributed by atoms with Crippen LogP contribution >= 0.6 is 23.2 Å². The van der Waals surface area contributed by atoms with Gasteiger partial charge in [0.1, 0.15) is 5.82 Å². The first-order chi connectivity index (χ1) is 9.43. The summed E-state index contributed by atoms with van der Waals surface area (Å²) in [5.74, 6) is -0.523. The number of hydrogen-bond donors (Lipinski definition) is 0. The predicted octanol–water partition coefficient (Wildman–Crippen LogP) is 4.74. The molecule has 1 atom stereocenters. The van der Waals surface area contributed by atoms with Gasteiger partial charge < -0.3 is 0 Å². The van der Waals surface area contributed by atoms with Crippen molar-refractivity contribution >= 4 is 28.4 Å². The molecule has 2 rings (SSSR count). The smallest absolute Gasteiger partial charge is 0.232 e. The minimum absolute atomic E-state index is 0.255. The lowest BCUT2D eigenvalue weighted by molar-refractivity contribution is -0.116. The van der Waals surface area contributed by atoms with Gasteiger partial charge in [0.05, 0.1) is 5.41 Å². The number of carbonyl (C=O) groups is 1. The van der Waals surface area contributed by atoms with Gasteiger partial charge in [-0.15, -0.1) is 0 Å². The molecule has 4 heteroatoms. The maximum Gasteiger partial charge on any atom is 0.232 e. The molecular weight excluding hydrogens is 298 g/mol. The van der Waals surface area contributed by atoms with Gasteiger partial charge in [-0.05, 0) is 42.6 Å². The normalized spacial score (nSPS) is 13.8. The van der Waals surface area contributed by atoms with Gasteiger partial charge in [-0.2, -0.15) is 0 Å². The number of halogens is 3. The van der Waals surface area contributed by atoms with E-state index >= 15 is 0 Å². The summed E-state index contributed by atoms with van der Waals surface area (Å²) >= 11 is 11.5. The molecule has 0 amide bonds. The summed E-state index contributed by atoms with van der Waals surface area (Å²) in [5, 5.41) is -0.307. The molecule has 0 saturated carbocycles. The van der Waals surface area contributed by atoms with E-state index in [1.165, 1.54) is 12.1 Å². The molecule has 0 saturated heterocycles. The largest absolute Gasteiger partial charge is 0.280 e. The highest BCUT2D eigenvalue weighted by molar-refractivity contribution is 6.65. The van der Waals surface area contributed by atoms with E-state index in [4.69, 9.17) is 23.2 Å². The van der Waals surface area contributed by atoms with Gasteiger partial charge in [0.2, 0.25) is 5.24 Å². The second-order valence-electron chi connectivity index (χ2n) is 4.89. The van der Waals surface area contributed by atoms with Crippen LogP contribution < -0.4 is 0 Å². The molecule has 0 aromatic heterocycles. The van der Waals surface area contributed by atoms with Crippen molar-refractivity contribution in [2.45, 2.75) is 18.8 Å². The average Bonchev–Trinajstić information content (AvgIpc) is 2.39. The van der Waals surface area contributed by atoms with Crippen LogP contribution in [0.1, 0.15) is 18.1 Å². The zero-order chi connectivity index (χ0) is 14.8. The Morgan fingerprint density at radius 2 is 1.85 bits per heavy atom. The summed E-state index contributed by atoms with van der Waals surface area (Å²) in [6.45, 7) is 1.64. The van der Waals surface area contributed by atoms with Crippen molar-refractivity contribution in [3.63, 3.8) is 0 Å². The topological polar surface area (TPSA) is 17.1 Å². The van der Waals surface area contributed by atoms with Crippen molar-refractivity contribution in [3.05, 3.63) is 70.5 Å². The van der Waals surface area contributed by atoms with Crippen molar-refractivity contribution in [2.24, 2.45) is 0 Å². The maximum absolute atomic E-state index is 14.1. The van der Waals surface area contributed by atoms with Crippen molar-refractivity contribution in [1.29, 1.82) is 0 Å². The number of hydrogen-bond acceptors (Lipinski definition) is 1. The maximum atomic E-state index is 14.1. The monoisotopic (exact) mass is 310 g/mol. The SMILES string of the molecule is CC(Cc1ccccc1)(C(=O)Cl)c1ccc(Cl)cc1F. The Morgan fingerprint density at radius 1 is 1.20 bits per heavy atom. The minimum Gasteiger partial charge on any atom is -0.280 e. The van der Waals surface area contributed by atoms with Crippen molar-refractivity contribution in [1.82, 2.24) is 0 Å². The Hall–Kier alpha value is -1.38. The second-order valence-corrected chi connectivity index (χ2v) is 5.67. The van der Waals surface area contributed by atoms with Crippen LogP contribution in [0.15, 0.2) is 48.5 Å². The standard InChI is InChI=1S/C16H13Cl2FO/c1-16(15(18)20,10-11-5-3-2-4-6-11)13-8-7-12(17)9-14(13)19/h2-9H,10H2,1H3. The van der Waals surface area contributed by atoms with Gasteiger partial charge >= 0.3 is 0 Å². The van der Waals surface area contributed by atoms with Gasteiger partial charge in [-0.3, -0.25) is 4.79 Å². The zero-order valence-corrected chi connectivity index (χ0v) is 12.4. The first-order valence-electron chi connectivity index (χ1n) is 6.13. The quantitative estimate of drug-likeness (QED) is 0.745.